The van der Waals surface area contributed by atoms with Crippen LogP contribution in [0.5, 0.6) is 0 Å². The molecule has 7 heteroatoms. The lowest BCUT2D eigenvalue weighted by molar-refractivity contribution is -0.139. The first-order chi connectivity index (χ1) is 11.3. The zero-order valence-corrected chi connectivity index (χ0v) is 15.1. The van der Waals surface area contributed by atoms with Gasteiger partial charge in [-0.1, -0.05) is 0 Å². The normalized spacial score (nSPS) is 18.9. The number of hydrogen-bond acceptors (Lipinski definition) is 5. The molecule has 0 aromatic carbocycles. The summed E-state index contributed by atoms with van der Waals surface area (Å²) in [6.07, 6.45) is 0.627. The highest BCUT2D eigenvalue weighted by molar-refractivity contribution is 7.08. The lowest BCUT2D eigenvalue weighted by Crippen LogP contribution is -2.46. The second-order valence-electron chi connectivity index (χ2n) is 6.96. The van der Waals surface area contributed by atoms with Gasteiger partial charge in [0.05, 0.1) is 6.54 Å². The van der Waals surface area contributed by atoms with Crippen LogP contribution in [-0.2, 0) is 9.53 Å². The van der Waals surface area contributed by atoms with Gasteiger partial charge in [-0.2, -0.15) is 11.3 Å². The Morgan fingerprint density at radius 3 is 2.75 bits per heavy atom. The predicted molar refractivity (Wildman–Crippen MR) is 92.2 cm³/mol. The Morgan fingerprint density at radius 2 is 2.12 bits per heavy atom. The zero-order chi connectivity index (χ0) is 17.7. The summed E-state index contributed by atoms with van der Waals surface area (Å²) in [4.78, 5) is 38.3. The van der Waals surface area contributed by atoms with Gasteiger partial charge >= 0.3 is 6.09 Å². The summed E-state index contributed by atoms with van der Waals surface area (Å²) in [5, 5.41) is 6.29. The molecular weight excluding hydrogens is 328 g/mol. The molecule has 1 aliphatic rings. The Morgan fingerprint density at radius 1 is 1.38 bits per heavy atom. The summed E-state index contributed by atoms with van der Waals surface area (Å²) in [6.45, 7) is 6.06. The van der Waals surface area contributed by atoms with Gasteiger partial charge in [0, 0.05) is 23.0 Å². The lowest BCUT2D eigenvalue weighted by Gasteiger charge is -2.25. The smallest absolute Gasteiger partial charge is 0.408 e. The van der Waals surface area contributed by atoms with Crippen molar-refractivity contribution in [1.29, 1.82) is 0 Å². The monoisotopic (exact) mass is 352 g/mol. The molecule has 0 bridgehead atoms. The highest BCUT2D eigenvalue weighted by Gasteiger charge is 2.32. The zero-order valence-electron chi connectivity index (χ0n) is 14.3. The molecule has 1 unspecified atom stereocenters. The van der Waals surface area contributed by atoms with Crippen molar-refractivity contribution in [2.24, 2.45) is 0 Å². The van der Waals surface area contributed by atoms with Gasteiger partial charge in [-0.3, -0.25) is 9.59 Å². The largest absolute Gasteiger partial charge is 0.436 e. The number of amides is 2. The van der Waals surface area contributed by atoms with E-state index in [-0.39, 0.29) is 18.2 Å². The Labute approximate surface area is 146 Å². The fourth-order valence-electron chi connectivity index (χ4n) is 2.49. The van der Waals surface area contributed by atoms with Gasteiger partial charge in [0.25, 0.3) is 5.91 Å². The first-order valence-electron chi connectivity index (χ1n) is 8.09. The Hall–Kier alpha value is -1.89. The molecule has 2 heterocycles. The number of nitrogens with one attached hydrogen (secondary N) is 1. The molecule has 0 aliphatic carbocycles. The standard InChI is InChI=1S/C17H24N2O4S/c1-17(2,3)18-16(22)23-14-6-4-5-8-19(15(14)21)10-13(20)12-7-9-24-11-12/h7,9,11,14H,4-6,8,10H2,1-3H3,(H,18,22). The van der Waals surface area contributed by atoms with Crippen molar-refractivity contribution in [3.63, 3.8) is 0 Å². The van der Waals surface area contributed by atoms with E-state index in [1.165, 1.54) is 16.2 Å². The molecule has 1 N–H and O–H groups in total. The summed E-state index contributed by atoms with van der Waals surface area (Å²) in [6, 6.07) is 1.75. The number of rotatable bonds is 4. The van der Waals surface area contributed by atoms with Crippen LogP contribution in [0.1, 0.15) is 50.4 Å². The van der Waals surface area contributed by atoms with Crippen LogP contribution < -0.4 is 5.32 Å². The molecule has 132 valence electrons. The van der Waals surface area contributed by atoms with Crippen molar-refractivity contribution in [2.75, 3.05) is 13.1 Å². The van der Waals surface area contributed by atoms with Crippen LogP contribution in [-0.4, -0.2) is 47.4 Å². The molecule has 1 aliphatic heterocycles. The third kappa shape index (κ3) is 5.33. The first kappa shape index (κ1) is 18.4. The number of nitrogens with zero attached hydrogens (tertiary/aromatic N) is 1. The summed E-state index contributed by atoms with van der Waals surface area (Å²) in [5.41, 5.74) is 0.180. The van der Waals surface area contributed by atoms with Crippen LogP contribution in [0, 0.1) is 0 Å². The number of likely N-dealkylation sites (tertiary alicyclic amines) is 1. The van der Waals surface area contributed by atoms with Gasteiger partial charge in [0.15, 0.2) is 11.9 Å². The van der Waals surface area contributed by atoms with E-state index < -0.39 is 17.7 Å². The number of ether oxygens (including phenoxy) is 1. The molecule has 1 atom stereocenters. The number of thiophene rings is 1. The van der Waals surface area contributed by atoms with E-state index in [1.54, 1.807) is 11.4 Å². The van der Waals surface area contributed by atoms with Crippen molar-refractivity contribution < 1.29 is 19.1 Å². The second-order valence-corrected chi connectivity index (χ2v) is 7.74. The van der Waals surface area contributed by atoms with Crippen molar-refractivity contribution in [3.8, 4) is 0 Å². The predicted octanol–water partition coefficient (Wildman–Crippen LogP) is 2.84. The van der Waals surface area contributed by atoms with E-state index in [9.17, 15) is 14.4 Å². The minimum absolute atomic E-state index is 0.0241. The molecule has 0 spiro atoms. The average Bonchev–Trinajstić information content (AvgIpc) is 2.95. The van der Waals surface area contributed by atoms with Crippen molar-refractivity contribution in [2.45, 2.75) is 51.7 Å². The lowest BCUT2D eigenvalue weighted by atomic mass is 10.1. The van der Waals surface area contributed by atoms with Gasteiger partial charge in [-0.15, -0.1) is 0 Å². The van der Waals surface area contributed by atoms with E-state index in [2.05, 4.69) is 5.32 Å². The number of carbonyl (C=O) groups is 3. The maximum Gasteiger partial charge on any atom is 0.408 e. The SMILES string of the molecule is CC(C)(C)NC(=O)OC1CCCCN(CC(=O)c2ccsc2)C1=O. The maximum atomic E-state index is 12.6. The van der Waals surface area contributed by atoms with Gasteiger partial charge in [-0.05, 0) is 51.5 Å². The van der Waals surface area contributed by atoms with Crippen LogP contribution in [0.3, 0.4) is 0 Å². The van der Waals surface area contributed by atoms with E-state index >= 15 is 0 Å². The van der Waals surface area contributed by atoms with Crippen LogP contribution in [0.15, 0.2) is 16.8 Å². The minimum atomic E-state index is -0.829. The molecule has 1 fully saturated rings. The summed E-state index contributed by atoms with van der Waals surface area (Å²) < 4.78 is 5.31. The van der Waals surface area contributed by atoms with Crippen LogP contribution in [0.2, 0.25) is 0 Å². The summed E-state index contributed by atoms with van der Waals surface area (Å²) >= 11 is 1.45. The van der Waals surface area contributed by atoms with Gasteiger partial charge in [-0.25, -0.2) is 4.79 Å². The highest BCUT2D eigenvalue weighted by Crippen LogP contribution is 2.17. The summed E-state index contributed by atoms with van der Waals surface area (Å²) in [5.74, 6) is -0.385. The van der Waals surface area contributed by atoms with E-state index in [0.29, 0.717) is 18.5 Å². The van der Waals surface area contributed by atoms with E-state index in [0.717, 1.165) is 12.8 Å². The number of hydrogen-bond donors (Lipinski definition) is 1. The third-order valence-corrected chi connectivity index (χ3v) is 4.32. The Kier molecular flexibility index (Phi) is 5.99. The van der Waals surface area contributed by atoms with Crippen LogP contribution in [0.25, 0.3) is 0 Å². The molecule has 0 saturated carbocycles. The number of carbonyl (C=O) groups excluding carboxylic acids is 3. The van der Waals surface area contributed by atoms with Crippen LogP contribution >= 0.6 is 11.3 Å². The van der Waals surface area contributed by atoms with Crippen molar-refractivity contribution in [1.82, 2.24) is 10.2 Å². The topological polar surface area (TPSA) is 75.7 Å². The first-order valence-corrected chi connectivity index (χ1v) is 9.03. The molecule has 6 nitrogen and oxygen atoms in total. The van der Waals surface area contributed by atoms with Gasteiger partial charge in [0.2, 0.25) is 0 Å². The maximum absolute atomic E-state index is 12.6. The van der Waals surface area contributed by atoms with Gasteiger partial charge in [0.1, 0.15) is 0 Å². The molecular formula is C17H24N2O4S. The minimum Gasteiger partial charge on any atom is -0.436 e. The molecule has 1 aromatic rings. The Balaban J connectivity index is 1.99. The quantitative estimate of drug-likeness (QED) is 0.846. The molecule has 2 amide bonds. The van der Waals surface area contributed by atoms with E-state index in [1.807, 2.05) is 26.2 Å². The van der Waals surface area contributed by atoms with Crippen molar-refractivity contribution in [3.05, 3.63) is 22.4 Å². The van der Waals surface area contributed by atoms with E-state index in [4.69, 9.17) is 4.74 Å². The fourth-order valence-corrected chi connectivity index (χ4v) is 3.15. The molecule has 2 rings (SSSR count). The fraction of sp³-hybridized carbons (Fsp3) is 0.588. The Bertz CT molecular complexity index is 592. The second kappa shape index (κ2) is 7.79. The molecule has 1 saturated heterocycles. The highest BCUT2D eigenvalue weighted by atomic mass is 32.1. The van der Waals surface area contributed by atoms with Crippen LogP contribution in [0.4, 0.5) is 4.79 Å². The molecule has 24 heavy (non-hydrogen) atoms. The van der Waals surface area contributed by atoms with Crippen molar-refractivity contribution >= 4 is 29.1 Å². The number of Topliss-reactive ketones (excluding diaryl/α,β-unsaturated/α-hetero) is 1. The molecule has 0 radical (unpaired) electrons. The van der Waals surface area contributed by atoms with Gasteiger partial charge < -0.3 is 15.0 Å². The number of alkyl carbamates (subject to hydrolysis) is 1. The third-order valence-electron chi connectivity index (χ3n) is 3.64. The number of ketones is 1. The average molecular weight is 352 g/mol. The summed E-state index contributed by atoms with van der Waals surface area (Å²) in [7, 11) is 0. The molecule has 1 aromatic heterocycles.